The number of hydrogen-bond donors (Lipinski definition) is 1. The summed E-state index contributed by atoms with van der Waals surface area (Å²) in [7, 11) is 0. The topological polar surface area (TPSA) is 35.4 Å². The SMILES string of the molecule is CCn1cccc1CNCCCOCC1CCCO1. The van der Waals surface area contributed by atoms with E-state index in [1.165, 1.54) is 12.1 Å². The molecule has 2 heterocycles. The second-order valence-corrected chi connectivity index (χ2v) is 5.03. The fraction of sp³-hybridized carbons (Fsp3) is 0.733. The van der Waals surface area contributed by atoms with Gasteiger partial charge >= 0.3 is 0 Å². The van der Waals surface area contributed by atoms with Gasteiger partial charge in [0.25, 0.3) is 0 Å². The van der Waals surface area contributed by atoms with Crippen LogP contribution in [-0.2, 0) is 22.6 Å². The van der Waals surface area contributed by atoms with E-state index in [9.17, 15) is 0 Å². The summed E-state index contributed by atoms with van der Waals surface area (Å²) in [4.78, 5) is 0. The monoisotopic (exact) mass is 266 g/mol. The van der Waals surface area contributed by atoms with E-state index in [4.69, 9.17) is 9.47 Å². The van der Waals surface area contributed by atoms with Crippen molar-refractivity contribution in [2.24, 2.45) is 0 Å². The van der Waals surface area contributed by atoms with Gasteiger partial charge in [-0.2, -0.15) is 0 Å². The van der Waals surface area contributed by atoms with Gasteiger partial charge in [0.1, 0.15) is 0 Å². The summed E-state index contributed by atoms with van der Waals surface area (Å²) in [6, 6.07) is 4.27. The van der Waals surface area contributed by atoms with Gasteiger partial charge in [0.05, 0.1) is 12.7 Å². The molecule has 2 rings (SSSR count). The third-order valence-corrected chi connectivity index (χ3v) is 3.54. The number of ether oxygens (including phenoxy) is 2. The van der Waals surface area contributed by atoms with E-state index in [-0.39, 0.29) is 0 Å². The molecule has 0 aliphatic carbocycles. The Morgan fingerprint density at radius 1 is 1.53 bits per heavy atom. The zero-order valence-corrected chi connectivity index (χ0v) is 11.9. The Labute approximate surface area is 116 Å². The van der Waals surface area contributed by atoms with E-state index in [1.54, 1.807) is 0 Å². The number of aromatic nitrogens is 1. The maximum atomic E-state index is 5.63. The fourth-order valence-corrected chi connectivity index (χ4v) is 2.42. The van der Waals surface area contributed by atoms with Crippen LogP contribution in [0.2, 0.25) is 0 Å². The van der Waals surface area contributed by atoms with Crippen molar-refractivity contribution in [1.82, 2.24) is 9.88 Å². The van der Waals surface area contributed by atoms with Crippen molar-refractivity contribution in [3.05, 3.63) is 24.0 Å². The van der Waals surface area contributed by atoms with E-state index < -0.39 is 0 Å². The van der Waals surface area contributed by atoms with Crippen LogP contribution in [0.5, 0.6) is 0 Å². The molecular formula is C15H26N2O2. The van der Waals surface area contributed by atoms with E-state index in [0.717, 1.165) is 52.3 Å². The lowest BCUT2D eigenvalue weighted by molar-refractivity contribution is 0.0166. The summed E-state index contributed by atoms with van der Waals surface area (Å²) in [5.41, 5.74) is 1.35. The summed E-state index contributed by atoms with van der Waals surface area (Å²) in [6.45, 7) is 7.64. The molecule has 0 spiro atoms. The lowest BCUT2D eigenvalue weighted by Gasteiger charge is -2.11. The Balaban J connectivity index is 1.46. The number of nitrogens with zero attached hydrogens (tertiary/aromatic N) is 1. The number of rotatable bonds is 9. The zero-order valence-electron chi connectivity index (χ0n) is 11.9. The Morgan fingerprint density at radius 2 is 2.47 bits per heavy atom. The summed E-state index contributed by atoms with van der Waals surface area (Å²) in [5, 5.41) is 3.46. The molecule has 0 saturated carbocycles. The molecule has 1 aromatic rings. The number of hydrogen-bond acceptors (Lipinski definition) is 3. The van der Waals surface area contributed by atoms with Gasteiger partial charge in [0.15, 0.2) is 0 Å². The summed E-state index contributed by atoms with van der Waals surface area (Å²) in [6.07, 6.45) is 5.88. The van der Waals surface area contributed by atoms with Gasteiger partial charge in [-0.3, -0.25) is 0 Å². The maximum absolute atomic E-state index is 5.63. The van der Waals surface area contributed by atoms with Crippen molar-refractivity contribution in [3.63, 3.8) is 0 Å². The molecule has 1 N–H and O–H groups in total. The van der Waals surface area contributed by atoms with Crippen molar-refractivity contribution < 1.29 is 9.47 Å². The highest BCUT2D eigenvalue weighted by Gasteiger charge is 2.14. The second-order valence-electron chi connectivity index (χ2n) is 5.03. The van der Waals surface area contributed by atoms with E-state index in [0.29, 0.717) is 6.10 Å². The second kappa shape index (κ2) is 8.35. The molecule has 1 unspecified atom stereocenters. The standard InChI is InChI=1S/C15H26N2O2/c1-2-17-9-3-6-14(17)12-16-8-5-10-18-13-15-7-4-11-19-15/h3,6,9,15-16H,2,4-5,7-8,10-13H2,1H3. The molecule has 19 heavy (non-hydrogen) atoms. The van der Waals surface area contributed by atoms with Crippen LogP contribution in [0.4, 0.5) is 0 Å². The molecule has 1 aromatic heterocycles. The first-order valence-electron chi connectivity index (χ1n) is 7.44. The van der Waals surface area contributed by atoms with Crippen molar-refractivity contribution in [2.45, 2.75) is 45.4 Å². The van der Waals surface area contributed by atoms with Gasteiger partial charge in [-0.05, 0) is 44.9 Å². The van der Waals surface area contributed by atoms with Gasteiger partial charge in [0, 0.05) is 38.2 Å². The first kappa shape index (κ1) is 14.6. The Hall–Kier alpha value is -0.840. The molecule has 4 nitrogen and oxygen atoms in total. The first-order valence-corrected chi connectivity index (χ1v) is 7.44. The highest BCUT2D eigenvalue weighted by molar-refractivity contribution is 5.06. The van der Waals surface area contributed by atoms with Crippen molar-refractivity contribution in [2.75, 3.05) is 26.4 Å². The first-order chi connectivity index (χ1) is 9.40. The van der Waals surface area contributed by atoms with Crippen molar-refractivity contribution in [1.29, 1.82) is 0 Å². The quantitative estimate of drug-likeness (QED) is 0.696. The molecule has 108 valence electrons. The maximum Gasteiger partial charge on any atom is 0.0809 e. The lowest BCUT2D eigenvalue weighted by atomic mass is 10.2. The van der Waals surface area contributed by atoms with Gasteiger partial charge in [-0.25, -0.2) is 0 Å². The largest absolute Gasteiger partial charge is 0.379 e. The molecule has 0 amide bonds. The van der Waals surface area contributed by atoms with E-state index in [2.05, 4.69) is 35.1 Å². The molecule has 0 radical (unpaired) electrons. The molecule has 1 aliphatic rings. The van der Waals surface area contributed by atoms with E-state index in [1.807, 2.05) is 0 Å². The predicted molar refractivity (Wildman–Crippen MR) is 76.2 cm³/mol. The minimum atomic E-state index is 0.348. The van der Waals surface area contributed by atoms with Crippen LogP contribution >= 0.6 is 0 Å². The Morgan fingerprint density at radius 3 is 3.26 bits per heavy atom. The molecular weight excluding hydrogens is 240 g/mol. The molecule has 4 heteroatoms. The van der Waals surface area contributed by atoms with Crippen LogP contribution < -0.4 is 5.32 Å². The smallest absolute Gasteiger partial charge is 0.0809 e. The number of nitrogens with one attached hydrogen (secondary N) is 1. The van der Waals surface area contributed by atoms with Crippen molar-refractivity contribution >= 4 is 0 Å². The molecule has 1 atom stereocenters. The van der Waals surface area contributed by atoms with Crippen LogP contribution in [0.1, 0.15) is 31.9 Å². The third kappa shape index (κ3) is 4.97. The zero-order chi connectivity index (χ0) is 13.3. The average Bonchev–Trinajstić information content (AvgIpc) is 3.08. The highest BCUT2D eigenvalue weighted by atomic mass is 16.5. The lowest BCUT2D eigenvalue weighted by Crippen LogP contribution is -2.20. The Kier molecular flexibility index (Phi) is 6.41. The fourth-order valence-electron chi connectivity index (χ4n) is 2.42. The van der Waals surface area contributed by atoms with Gasteiger partial charge in [-0.1, -0.05) is 0 Å². The predicted octanol–water partition coefficient (Wildman–Crippen LogP) is 2.18. The van der Waals surface area contributed by atoms with Gasteiger partial charge < -0.3 is 19.4 Å². The van der Waals surface area contributed by atoms with E-state index >= 15 is 0 Å². The number of aryl methyl sites for hydroxylation is 1. The van der Waals surface area contributed by atoms with Gasteiger partial charge in [0.2, 0.25) is 0 Å². The molecule has 1 fully saturated rings. The average molecular weight is 266 g/mol. The normalized spacial score (nSPS) is 19.1. The molecule has 0 bridgehead atoms. The molecule has 1 saturated heterocycles. The minimum Gasteiger partial charge on any atom is -0.379 e. The summed E-state index contributed by atoms with van der Waals surface area (Å²) in [5.74, 6) is 0. The third-order valence-electron chi connectivity index (χ3n) is 3.54. The minimum absolute atomic E-state index is 0.348. The Bertz CT molecular complexity index is 346. The van der Waals surface area contributed by atoms with Gasteiger partial charge in [-0.15, -0.1) is 0 Å². The van der Waals surface area contributed by atoms with Crippen LogP contribution in [0, 0.1) is 0 Å². The molecule has 0 aromatic carbocycles. The summed E-state index contributed by atoms with van der Waals surface area (Å²) < 4.78 is 13.4. The van der Waals surface area contributed by atoms with Crippen LogP contribution in [0.25, 0.3) is 0 Å². The van der Waals surface area contributed by atoms with Crippen LogP contribution in [-0.4, -0.2) is 37.0 Å². The van der Waals surface area contributed by atoms with Crippen molar-refractivity contribution in [3.8, 4) is 0 Å². The van der Waals surface area contributed by atoms with Crippen LogP contribution in [0.3, 0.4) is 0 Å². The highest BCUT2D eigenvalue weighted by Crippen LogP contribution is 2.11. The van der Waals surface area contributed by atoms with Crippen LogP contribution in [0.15, 0.2) is 18.3 Å². The molecule has 1 aliphatic heterocycles. The summed E-state index contributed by atoms with van der Waals surface area (Å²) >= 11 is 0.